The molecule has 4 heteroatoms. The molecule has 0 saturated heterocycles. The van der Waals surface area contributed by atoms with E-state index < -0.39 is 0 Å². The number of hydrogen-bond donors (Lipinski definition) is 2. The Labute approximate surface area is 96.2 Å². The lowest BCUT2D eigenvalue weighted by atomic mass is 10.0. The molecule has 3 N–H and O–H groups in total. The molecule has 1 rings (SSSR count). The smallest absolute Gasteiger partial charge is 0.254 e. The lowest BCUT2D eigenvalue weighted by Crippen LogP contribution is -2.37. The van der Waals surface area contributed by atoms with Gasteiger partial charge in [-0.3, -0.25) is 4.79 Å². The number of furan rings is 1. The van der Waals surface area contributed by atoms with E-state index in [-0.39, 0.29) is 11.9 Å². The predicted octanol–water partition coefficient (Wildman–Crippen LogP) is 1.69. The maximum atomic E-state index is 11.6. The first-order chi connectivity index (χ1) is 7.49. The molecular weight excluding hydrogens is 204 g/mol. The highest BCUT2D eigenvalue weighted by Gasteiger charge is 2.11. The largest absolute Gasteiger partial charge is 0.469 e. The molecule has 0 radical (unpaired) electrons. The molecule has 0 fully saturated rings. The summed E-state index contributed by atoms with van der Waals surface area (Å²) in [6.45, 7) is 6.53. The molecule has 0 aliphatic rings. The highest BCUT2D eigenvalue weighted by molar-refractivity contribution is 5.93. The van der Waals surface area contributed by atoms with Gasteiger partial charge in [0.25, 0.3) is 5.91 Å². The third kappa shape index (κ3) is 4.06. The van der Waals surface area contributed by atoms with Crippen molar-refractivity contribution in [2.24, 2.45) is 11.7 Å². The summed E-state index contributed by atoms with van der Waals surface area (Å²) < 4.78 is 5.06. The van der Waals surface area contributed by atoms with Crippen molar-refractivity contribution >= 4 is 5.91 Å². The summed E-state index contributed by atoms with van der Waals surface area (Å²) in [4.78, 5) is 11.6. The van der Waals surface area contributed by atoms with Gasteiger partial charge in [0.2, 0.25) is 0 Å². The van der Waals surface area contributed by atoms with Crippen LogP contribution in [0.15, 0.2) is 16.7 Å². The molecule has 0 aliphatic carbocycles. The Bertz CT molecular complexity index is 345. The minimum atomic E-state index is -0.129. The van der Waals surface area contributed by atoms with E-state index in [1.807, 2.05) is 0 Å². The van der Waals surface area contributed by atoms with Gasteiger partial charge in [0.1, 0.15) is 12.0 Å². The van der Waals surface area contributed by atoms with Crippen molar-refractivity contribution in [3.05, 3.63) is 23.7 Å². The van der Waals surface area contributed by atoms with Crippen LogP contribution in [0.1, 0.15) is 36.4 Å². The van der Waals surface area contributed by atoms with E-state index in [0.29, 0.717) is 18.0 Å². The molecule has 1 heterocycles. The van der Waals surface area contributed by atoms with E-state index in [1.165, 1.54) is 6.26 Å². The second kappa shape index (κ2) is 5.70. The summed E-state index contributed by atoms with van der Waals surface area (Å²) in [5.74, 6) is 1.15. The molecule has 90 valence electrons. The van der Waals surface area contributed by atoms with Crippen LogP contribution < -0.4 is 11.1 Å². The van der Waals surface area contributed by atoms with Crippen molar-refractivity contribution in [1.29, 1.82) is 0 Å². The van der Waals surface area contributed by atoms with E-state index in [0.717, 1.165) is 12.2 Å². The fraction of sp³-hybridized carbons (Fsp3) is 0.583. The number of hydrogen-bond acceptors (Lipinski definition) is 3. The van der Waals surface area contributed by atoms with Crippen molar-refractivity contribution < 1.29 is 9.21 Å². The van der Waals surface area contributed by atoms with Gasteiger partial charge in [0.05, 0.1) is 5.56 Å². The Morgan fingerprint density at radius 1 is 1.56 bits per heavy atom. The lowest BCUT2D eigenvalue weighted by Gasteiger charge is -2.14. The molecule has 0 aromatic carbocycles. The SMILES string of the molecule is Cc1cc(C(=O)NCC(N)CC(C)C)co1. The lowest BCUT2D eigenvalue weighted by molar-refractivity contribution is 0.0949. The van der Waals surface area contributed by atoms with Crippen molar-refractivity contribution in [2.45, 2.75) is 33.2 Å². The summed E-state index contributed by atoms with van der Waals surface area (Å²) in [7, 11) is 0. The van der Waals surface area contributed by atoms with Gasteiger partial charge in [-0.05, 0) is 25.3 Å². The first-order valence-electron chi connectivity index (χ1n) is 5.58. The number of carbonyl (C=O) groups is 1. The molecule has 4 nitrogen and oxygen atoms in total. The summed E-state index contributed by atoms with van der Waals surface area (Å²) in [5.41, 5.74) is 6.42. The van der Waals surface area contributed by atoms with Gasteiger partial charge < -0.3 is 15.5 Å². The van der Waals surface area contributed by atoms with E-state index in [2.05, 4.69) is 19.2 Å². The van der Waals surface area contributed by atoms with E-state index in [4.69, 9.17) is 10.2 Å². The van der Waals surface area contributed by atoms with Crippen LogP contribution in [0.25, 0.3) is 0 Å². The quantitative estimate of drug-likeness (QED) is 0.799. The zero-order chi connectivity index (χ0) is 12.1. The molecule has 1 aromatic rings. The highest BCUT2D eigenvalue weighted by atomic mass is 16.3. The van der Waals surface area contributed by atoms with Gasteiger partial charge in [0, 0.05) is 12.6 Å². The molecule has 1 aromatic heterocycles. The minimum absolute atomic E-state index is 0.0111. The van der Waals surface area contributed by atoms with Crippen LogP contribution in [0.2, 0.25) is 0 Å². The Balaban J connectivity index is 2.35. The van der Waals surface area contributed by atoms with Gasteiger partial charge >= 0.3 is 0 Å². The minimum Gasteiger partial charge on any atom is -0.469 e. The normalized spacial score (nSPS) is 12.8. The van der Waals surface area contributed by atoms with Crippen LogP contribution in [-0.2, 0) is 0 Å². The standard InChI is InChI=1S/C12H20N2O2/c1-8(2)4-11(13)6-14-12(15)10-5-9(3)16-7-10/h5,7-8,11H,4,6,13H2,1-3H3,(H,14,15). The Hall–Kier alpha value is -1.29. The molecule has 0 aliphatic heterocycles. The molecule has 0 spiro atoms. The van der Waals surface area contributed by atoms with Gasteiger partial charge in [-0.2, -0.15) is 0 Å². The highest BCUT2D eigenvalue weighted by Crippen LogP contribution is 2.06. The first kappa shape index (κ1) is 12.8. The zero-order valence-corrected chi connectivity index (χ0v) is 10.1. The number of nitrogens with one attached hydrogen (secondary N) is 1. The monoisotopic (exact) mass is 224 g/mol. The van der Waals surface area contributed by atoms with Gasteiger partial charge in [-0.15, -0.1) is 0 Å². The van der Waals surface area contributed by atoms with Gasteiger partial charge in [0.15, 0.2) is 0 Å². The fourth-order valence-electron chi connectivity index (χ4n) is 1.58. The molecule has 1 atom stereocenters. The third-order valence-electron chi connectivity index (χ3n) is 2.29. The molecule has 16 heavy (non-hydrogen) atoms. The molecule has 1 unspecified atom stereocenters. The Kier molecular flexibility index (Phi) is 4.55. The van der Waals surface area contributed by atoms with Crippen molar-refractivity contribution in [2.75, 3.05) is 6.54 Å². The Morgan fingerprint density at radius 3 is 2.75 bits per heavy atom. The van der Waals surface area contributed by atoms with Gasteiger partial charge in [-0.1, -0.05) is 13.8 Å². The summed E-state index contributed by atoms with van der Waals surface area (Å²) in [6, 6.07) is 1.72. The average Bonchev–Trinajstić information content (AvgIpc) is 2.60. The maximum absolute atomic E-state index is 11.6. The van der Waals surface area contributed by atoms with Crippen LogP contribution in [0.4, 0.5) is 0 Å². The fourth-order valence-corrected chi connectivity index (χ4v) is 1.58. The second-order valence-corrected chi connectivity index (χ2v) is 4.55. The van der Waals surface area contributed by atoms with Crippen LogP contribution in [0, 0.1) is 12.8 Å². The molecular formula is C12H20N2O2. The number of aryl methyl sites for hydroxylation is 1. The van der Waals surface area contributed by atoms with Gasteiger partial charge in [-0.25, -0.2) is 0 Å². The van der Waals surface area contributed by atoms with E-state index in [1.54, 1.807) is 13.0 Å². The van der Waals surface area contributed by atoms with Crippen molar-refractivity contribution in [3.63, 3.8) is 0 Å². The average molecular weight is 224 g/mol. The zero-order valence-electron chi connectivity index (χ0n) is 10.1. The predicted molar refractivity (Wildman–Crippen MR) is 63.2 cm³/mol. The number of carbonyl (C=O) groups excluding carboxylic acids is 1. The Morgan fingerprint density at radius 2 is 2.25 bits per heavy atom. The first-order valence-corrected chi connectivity index (χ1v) is 5.58. The molecule has 0 bridgehead atoms. The number of rotatable bonds is 5. The van der Waals surface area contributed by atoms with Crippen LogP contribution in [0.3, 0.4) is 0 Å². The summed E-state index contributed by atoms with van der Waals surface area (Å²) in [5, 5.41) is 2.79. The topological polar surface area (TPSA) is 68.3 Å². The van der Waals surface area contributed by atoms with Crippen LogP contribution in [0.5, 0.6) is 0 Å². The van der Waals surface area contributed by atoms with Crippen molar-refractivity contribution in [1.82, 2.24) is 5.32 Å². The van der Waals surface area contributed by atoms with Crippen molar-refractivity contribution in [3.8, 4) is 0 Å². The van der Waals surface area contributed by atoms with Crippen LogP contribution >= 0.6 is 0 Å². The van der Waals surface area contributed by atoms with Crippen LogP contribution in [-0.4, -0.2) is 18.5 Å². The number of nitrogens with two attached hydrogens (primary N) is 1. The summed E-state index contributed by atoms with van der Waals surface area (Å²) >= 11 is 0. The number of amides is 1. The second-order valence-electron chi connectivity index (χ2n) is 4.55. The maximum Gasteiger partial charge on any atom is 0.254 e. The molecule has 0 saturated carbocycles. The van der Waals surface area contributed by atoms with E-state index in [9.17, 15) is 4.79 Å². The molecule has 1 amide bonds. The van der Waals surface area contributed by atoms with E-state index >= 15 is 0 Å². The third-order valence-corrected chi connectivity index (χ3v) is 2.29. The summed E-state index contributed by atoms with van der Waals surface area (Å²) in [6.07, 6.45) is 2.36.